The molecule has 0 aliphatic rings. The molecular weight excluding hydrogens is 342 g/mol. The van der Waals surface area contributed by atoms with Crippen molar-refractivity contribution in [1.82, 2.24) is 0 Å². The van der Waals surface area contributed by atoms with Crippen molar-refractivity contribution in [2.24, 2.45) is 10.2 Å². The maximum absolute atomic E-state index is 11.3. The molecule has 2 aromatic rings. The number of benzene rings is 2. The number of carbonyl (C=O) groups excluding carboxylic acids is 1. The van der Waals surface area contributed by atoms with Crippen molar-refractivity contribution in [3.8, 4) is 11.8 Å². The van der Waals surface area contributed by atoms with E-state index in [2.05, 4.69) is 22.9 Å². The first kappa shape index (κ1) is 19.9. The monoisotopic (exact) mass is 363 g/mol. The van der Waals surface area contributed by atoms with Crippen molar-refractivity contribution < 1.29 is 14.3 Å². The number of hydrogen-bond donors (Lipinski definition) is 0. The van der Waals surface area contributed by atoms with Crippen LogP contribution in [0, 0.1) is 25.2 Å². The first-order valence-corrected chi connectivity index (χ1v) is 8.39. The summed E-state index contributed by atoms with van der Waals surface area (Å²) >= 11 is 0. The van der Waals surface area contributed by atoms with E-state index in [1.165, 1.54) is 0 Å². The smallest absolute Gasteiger partial charge is 0.333 e. The highest BCUT2D eigenvalue weighted by molar-refractivity contribution is 5.86. The van der Waals surface area contributed by atoms with Crippen molar-refractivity contribution in [3.05, 3.63) is 65.2 Å². The molecule has 0 amide bonds. The second kappa shape index (κ2) is 9.30. The van der Waals surface area contributed by atoms with Gasteiger partial charge in [0.15, 0.2) is 0 Å². The number of rotatable bonds is 7. The molecule has 6 heteroatoms. The van der Waals surface area contributed by atoms with Gasteiger partial charge in [-0.2, -0.15) is 15.5 Å². The van der Waals surface area contributed by atoms with Crippen LogP contribution in [0.15, 0.2) is 58.8 Å². The van der Waals surface area contributed by atoms with Crippen LogP contribution in [0.1, 0.15) is 23.6 Å². The lowest BCUT2D eigenvalue weighted by atomic mass is 10.1. The maximum Gasteiger partial charge on any atom is 0.333 e. The molecule has 0 fully saturated rings. The van der Waals surface area contributed by atoms with Crippen molar-refractivity contribution >= 4 is 17.3 Å². The molecule has 0 N–H and O–H groups in total. The van der Waals surface area contributed by atoms with E-state index in [4.69, 9.17) is 14.7 Å². The molecule has 2 rings (SSSR count). The summed E-state index contributed by atoms with van der Waals surface area (Å²) in [6.07, 6.45) is 0. The van der Waals surface area contributed by atoms with Crippen LogP contribution >= 0.6 is 0 Å². The molecule has 0 unspecified atom stereocenters. The van der Waals surface area contributed by atoms with E-state index in [0.29, 0.717) is 22.5 Å². The second-order valence-corrected chi connectivity index (χ2v) is 6.03. The van der Waals surface area contributed by atoms with Crippen molar-refractivity contribution in [2.45, 2.75) is 20.8 Å². The Bertz CT molecular complexity index is 886. The molecule has 0 heterocycles. The summed E-state index contributed by atoms with van der Waals surface area (Å²) < 4.78 is 10.7. The average molecular weight is 363 g/mol. The number of aryl methyl sites for hydroxylation is 2. The summed E-state index contributed by atoms with van der Waals surface area (Å²) in [6.45, 7) is 9.38. The lowest BCUT2D eigenvalue weighted by Crippen LogP contribution is -2.13. The predicted octanol–water partition coefficient (Wildman–Crippen LogP) is 5.09. The highest BCUT2D eigenvalue weighted by Gasteiger charge is 2.08. The summed E-state index contributed by atoms with van der Waals surface area (Å²) in [7, 11) is 0. The molecule has 0 bridgehead atoms. The molecule has 0 aliphatic heterocycles. The molecule has 6 nitrogen and oxygen atoms in total. The molecule has 0 radical (unpaired) electrons. The predicted molar refractivity (Wildman–Crippen MR) is 103 cm³/mol. The Morgan fingerprint density at radius 3 is 2.22 bits per heavy atom. The van der Waals surface area contributed by atoms with Gasteiger partial charge in [0.25, 0.3) is 0 Å². The van der Waals surface area contributed by atoms with Crippen molar-refractivity contribution in [1.29, 1.82) is 5.26 Å². The number of hydrogen-bond acceptors (Lipinski definition) is 6. The number of carbonyl (C=O) groups is 1. The van der Waals surface area contributed by atoms with Gasteiger partial charge in [-0.3, -0.25) is 0 Å². The molecule has 0 spiro atoms. The highest BCUT2D eigenvalue weighted by atomic mass is 16.6. The zero-order valence-electron chi connectivity index (χ0n) is 15.7. The van der Waals surface area contributed by atoms with Gasteiger partial charge in [-0.25, -0.2) is 4.79 Å². The summed E-state index contributed by atoms with van der Waals surface area (Å²) in [4.78, 5) is 11.3. The van der Waals surface area contributed by atoms with E-state index in [0.717, 1.165) is 16.9 Å². The number of nitriles is 1. The fourth-order valence-corrected chi connectivity index (χ4v) is 2.33. The van der Waals surface area contributed by atoms with E-state index < -0.39 is 5.97 Å². The minimum absolute atomic E-state index is 0.157. The minimum atomic E-state index is -0.425. The standard InChI is InChI=1S/C21H21N3O3/c1-14(2)21(25)27-10-9-26-20-15(3)11-19(12-16(20)4)24-23-18-7-5-17(13-22)6-8-18/h5-8,11-12H,1,9-10H2,2-4H3. The molecular formula is C21H21N3O3. The van der Waals surface area contributed by atoms with Gasteiger partial charge < -0.3 is 9.47 Å². The van der Waals surface area contributed by atoms with Crippen LogP contribution in [0.4, 0.5) is 11.4 Å². The summed E-state index contributed by atoms with van der Waals surface area (Å²) in [5, 5.41) is 17.2. The van der Waals surface area contributed by atoms with Crippen molar-refractivity contribution in [3.63, 3.8) is 0 Å². The Morgan fingerprint density at radius 2 is 1.67 bits per heavy atom. The van der Waals surface area contributed by atoms with Crippen LogP contribution in [0.2, 0.25) is 0 Å². The first-order chi connectivity index (χ1) is 12.9. The van der Waals surface area contributed by atoms with E-state index in [1.807, 2.05) is 26.0 Å². The fourth-order valence-electron chi connectivity index (χ4n) is 2.33. The number of azo groups is 1. The summed E-state index contributed by atoms with van der Waals surface area (Å²) in [6, 6.07) is 12.7. The first-order valence-electron chi connectivity index (χ1n) is 8.39. The molecule has 0 aromatic heterocycles. The summed E-state index contributed by atoms with van der Waals surface area (Å²) in [5.74, 6) is 0.310. The zero-order chi connectivity index (χ0) is 19.8. The molecule has 0 aliphatic carbocycles. The van der Waals surface area contributed by atoms with Crippen LogP contribution < -0.4 is 4.74 Å². The Labute approximate surface area is 158 Å². The van der Waals surface area contributed by atoms with Gasteiger partial charge in [0, 0.05) is 5.57 Å². The van der Waals surface area contributed by atoms with Crippen molar-refractivity contribution in [2.75, 3.05) is 13.2 Å². The van der Waals surface area contributed by atoms with Gasteiger partial charge in [0.05, 0.1) is 23.0 Å². The SMILES string of the molecule is C=C(C)C(=O)OCCOc1c(C)cc(N=Nc2ccc(C#N)cc2)cc1C. The third kappa shape index (κ3) is 5.79. The Balaban J connectivity index is 2.00. The zero-order valence-corrected chi connectivity index (χ0v) is 15.7. The molecule has 0 saturated heterocycles. The lowest BCUT2D eigenvalue weighted by Gasteiger charge is -2.13. The van der Waals surface area contributed by atoms with Gasteiger partial charge >= 0.3 is 5.97 Å². The normalized spacial score (nSPS) is 10.4. The molecule has 0 atom stereocenters. The Hall–Kier alpha value is -3.46. The largest absolute Gasteiger partial charge is 0.489 e. The van der Waals surface area contributed by atoms with Crippen LogP contribution in [0.3, 0.4) is 0 Å². The third-order valence-corrected chi connectivity index (χ3v) is 3.63. The van der Waals surface area contributed by atoms with Gasteiger partial charge in [-0.1, -0.05) is 6.58 Å². The van der Waals surface area contributed by atoms with E-state index in [1.54, 1.807) is 31.2 Å². The van der Waals surface area contributed by atoms with Gasteiger partial charge in [0.2, 0.25) is 0 Å². The van der Waals surface area contributed by atoms with E-state index in [9.17, 15) is 4.79 Å². The van der Waals surface area contributed by atoms with Crippen LogP contribution in [-0.2, 0) is 9.53 Å². The number of ether oxygens (including phenoxy) is 2. The number of esters is 1. The fraction of sp³-hybridized carbons (Fsp3) is 0.238. The van der Waals surface area contributed by atoms with E-state index in [-0.39, 0.29) is 13.2 Å². The summed E-state index contributed by atoms with van der Waals surface area (Å²) in [5.41, 5.74) is 4.14. The van der Waals surface area contributed by atoms with Crippen LogP contribution in [0.5, 0.6) is 5.75 Å². The topological polar surface area (TPSA) is 84.0 Å². The number of nitrogens with zero attached hydrogens (tertiary/aromatic N) is 3. The minimum Gasteiger partial charge on any atom is -0.489 e. The quantitative estimate of drug-likeness (QED) is 0.297. The van der Waals surface area contributed by atoms with Crippen LogP contribution in [0.25, 0.3) is 0 Å². The van der Waals surface area contributed by atoms with Gasteiger partial charge in [-0.15, -0.1) is 0 Å². The molecule has 138 valence electrons. The Morgan fingerprint density at radius 1 is 1.07 bits per heavy atom. The van der Waals surface area contributed by atoms with Gasteiger partial charge in [-0.05, 0) is 68.3 Å². The Kier molecular flexibility index (Phi) is 6.84. The molecule has 2 aromatic carbocycles. The second-order valence-electron chi connectivity index (χ2n) is 6.03. The maximum atomic E-state index is 11.3. The molecule has 27 heavy (non-hydrogen) atoms. The lowest BCUT2D eigenvalue weighted by molar-refractivity contribution is -0.139. The van der Waals surface area contributed by atoms with Crippen LogP contribution in [-0.4, -0.2) is 19.2 Å². The average Bonchev–Trinajstić information content (AvgIpc) is 2.65. The highest BCUT2D eigenvalue weighted by Crippen LogP contribution is 2.29. The molecule has 0 saturated carbocycles. The van der Waals surface area contributed by atoms with Gasteiger partial charge in [0.1, 0.15) is 19.0 Å². The van der Waals surface area contributed by atoms with E-state index >= 15 is 0 Å². The third-order valence-electron chi connectivity index (χ3n) is 3.63.